The highest BCUT2D eigenvalue weighted by Gasteiger charge is 2.16. The maximum absolute atomic E-state index is 12.0. The number of esters is 1. The Kier molecular flexibility index (Phi) is 3.89. The molecule has 0 unspecified atom stereocenters. The molecule has 5 heteroatoms. The molecule has 104 valence electrons. The number of phenols is 1. The standard InChI is InChI=1S/C15H14O5/c1-3-5-9-11(16)7-6-10-12(17)8-13(20-14(9)10)15(18)19-4-2/h3,6-8,16H,1,4-5H2,2H3. The lowest BCUT2D eigenvalue weighted by Crippen LogP contribution is -2.10. The van der Waals surface area contributed by atoms with Crippen LogP contribution in [0.1, 0.15) is 23.0 Å². The van der Waals surface area contributed by atoms with E-state index in [1.54, 1.807) is 13.0 Å². The molecule has 0 amide bonds. The molecule has 0 bridgehead atoms. The van der Waals surface area contributed by atoms with Crippen molar-refractivity contribution in [3.8, 4) is 5.75 Å². The fraction of sp³-hybridized carbons (Fsp3) is 0.200. The molecular weight excluding hydrogens is 260 g/mol. The van der Waals surface area contributed by atoms with Gasteiger partial charge < -0.3 is 14.3 Å². The smallest absolute Gasteiger partial charge is 0.374 e. The first-order valence-corrected chi connectivity index (χ1v) is 6.15. The molecule has 0 fully saturated rings. The van der Waals surface area contributed by atoms with Crippen LogP contribution < -0.4 is 5.43 Å². The van der Waals surface area contributed by atoms with Gasteiger partial charge >= 0.3 is 5.97 Å². The first kappa shape index (κ1) is 13.9. The van der Waals surface area contributed by atoms with Crippen molar-refractivity contribution in [1.82, 2.24) is 0 Å². The summed E-state index contributed by atoms with van der Waals surface area (Å²) in [5.41, 5.74) is 0.237. The van der Waals surface area contributed by atoms with Gasteiger partial charge in [-0.25, -0.2) is 4.79 Å². The second-order valence-corrected chi connectivity index (χ2v) is 4.13. The second-order valence-electron chi connectivity index (χ2n) is 4.13. The van der Waals surface area contributed by atoms with Crippen LogP contribution in [0, 0.1) is 0 Å². The molecule has 0 spiro atoms. The van der Waals surface area contributed by atoms with E-state index in [-0.39, 0.29) is 29.1 Å². The summed E-state index contributed by atoms with van der Waals surface area (Å²) in [6.45, 7) is 5.43. The van der Waals surface area contributed by atoms with Crippen molar-refractivity contribution in [2.24, 2.45) is 0 Å². The number of aromatic hydroxyl groups is 1. The zero-order chi connectivity index (χ0) is 14.7. The van der Waals surface area contributed by atoms with Crippen molar-refractivity contribution in [2.75, 3.05) is 6.61 Å². The molecule has 0 aliphatic heterocycles. The highest BCUT2D eigenvalue weighted by atomic mass is 16.5. The summed E-state index contributed by atoms with van der Waals surface area (Å²) in [6.07, 6.45) is 1.89. The Morgan fingerprint density at radius 1 is 1.50 bits per heavy atom. The van der Waals surface area contributed by atoms with E-state index in [9.17, 15) is 14.7 Å². The third-order valence-corrected chi connectivity index (χ3v) is 2.80. The van der Waals surface area contributed by atoms with Crippen molar-refractivity contribution in [3.05, 3.63) is 52.4 Å². The van der Waals surface area contributed by atoms with Gasteiger partial charge in [-0.2, -0.15) is 0 Å². The fourth-order valence-electron chi connectivity index (χ4n) is 1.91. The van der Waals surface area contributed by atoms with Crippen LogP contribution in [0.4, 0.5) is 0 Å². The summed E-state index contributed by atoms with van der Waals surface area (Å²) < 4.78 is 10.2. The molecule has 5 nitrogen and oxygen atoms in total. The van der Waals surface area contributed by atoms with Gasteiger partial charge in [-0.1, -0.05) is 6.08 Å². The Balaban J connectivity index is 2.73. The van der Waals surface area contributed by atoms with Gasteiger partial charge in [0.2, 0.25) is 5.76 Å². The molecule has 2 aromatic rings. The normalized spacial score (nSPS) is 10.4. The number of hydrogen-bond donors (Lipinski definition) is 1. The summed E-state index contributed by atoms with van der Waals surface area (Å²) >= 11 is 0. The minimum absolute atomic E-state index is 0.0124. The second kappa shape index (κ2) is 5.61. The molecular formula is C15H14O5. The third-order valence-electron chi connectivity index (χ3n) is 2.80. The zero-order valence-corrected chi connectivity index (χ0v) is 11.0. The number of ether oxygens (including phenoxy) is 1. The van der Waals surface area contributed by atoms with Crippen LogP contribution >= 0.6 is 0 Å². The van der Waals surface area contributed by atoms with E-state index in [4.69, 9.17) is 9.15 Å². The maximum Gasteiger partial charge on any atom is 0.374 e. The number of fused-ring (bicyclic) bond motifs is 1. The summed E-state index contributed by atoms with van der Waals surface area (Å²) in [6, 6.07) is 3.97. The minimum atomic E-state index is -0.709. The van der Waals surface area contributed by atoms with E-state index in [0.717, 1.165) is 6.07 Å². The first-order valence-electron chi connectivity index (χ1n) is 6.15. The van der Waals surface area contributed by atoms with Crippen LogP contribution in [-0.2, 0) is 11.2 Å². The van der Waals surface area contributed by atoms with E-state index in [1.807, 2.05) is 0 Å². The molecule has 2 rings (SSSR count). The van der Waals surface area contributed by atoms with E-state index < -0.39 is 5.97 Å². The Labute approximate surface area is 115 Å². The molecule has 1 aromatic heterocycles. The van der Waals surface area contributed by atoms with Crippen LogP contribution in [0.3, 0.4) is 0 Å². The van der Waals surface area contributed by atoms with Gasteiger partial charge in [0.25, 0.3) is 0 Å². The Bertz CT molecular complexity index is 727. The first-order chi connectivity index (χ1) is 9.58. The number of rotatable bonds is 4. The molecule has 20 heavy (non-hydrogen) atoms. The van der Waals surface area contributed by atoms with Gasteiger partial charge in [-0.3, -0.25) is 4.79 Å². The number of hydrogen-bond acceptors (Lipinski definition) is 5. The highest BCUT2D eigenvalue weighted by molar-refractivity contribution is 5.90. The zero-order valence-electron chi connectivity index (χ0n) is 11.0. The number of phenolic OH excluding ortho intramolecular Hbond substituents is 1. The highest BCUT2D eigenvalue weighted by Crippen LogP contribution is 2.27. The number of benzene rings is 1. The van der Waals surface area contributed by atoms with Crippen molar-refractivity contribution in [1.29, 1.82) is 0 Å². The van der Waals surface area contributed by atoms with Crippen molar-refractivity contribution in [3.63, 3.8) is 0 Å². The number of carbonyl (C=O) groups excluding carboxylic acids is 1. The topological polar surface area (TPSA) is 76.7 Å². The largest absolute Gasteiger partial charge is 0.508 e. The molecule has 0 saturated carbocycles. The fourth-order valence-corrected chi connectivity index (χ4v) is 1.91. The SMILES string of the molecule is C=CCc1c(O)ccc2c(=O)cc(C(=O)OCC)oc12. The molecule has 1 aromatic carbocycles. The molecule has 1 heterocycles. The minimum Gasteiger partial charge on any atom is -0.508 e. The summed E-state index contributed by atoms with van der Waals surface area (Å²) in [5.74, 6) is -0.902. The van der Waals surface area contributed by atoms with Crippen molar-refractivity contribution < 1.29 is 19.1 Å². The Hall–Kier alpha value is -2.56. The van der Waals surface area contributed by atoms with Gasteiger partial charge in [0, 0.05) is 11.6 Å². The van der Waals surface area contributed by atoms with Crippen molar-refractivity contribution >= 4 is 16.9 Å². The van der Waals surface area contributed by atoms with Gasteiger partial charge in [-0.05, 0) is 25.5 Å². The molecule has 0 radical (unpaired) electrons. The Morgan fingerprint density at radius 3 is 2.90 bits per heavy atom. The van der Waals surface area contributed by atoms with Crippen LogP contribution in [0.2, 0.25) is 0 Å². The average molecular weight is 274 g/mol. The molecule has 1 N–H and O–H groups in total. The van der Waals surface area contributed by atoms with Gasteiger partial charge in [-0.15, -0.1) is 6.58 Å². The lowest BCUT2D eigenvalue weighted by molar-refractivity contribution is 0.0490. The maximum atomic E-state index is 12.0. The van der Waals surface area contributed by atoms with Gasteiger partial charge in [0.05, 0.1) is 12.0 Å². The van der Waals surface area contributed by atoms with Crippen molar-refractivity contribution in [2.45, 2.75) is 13.3 Å². The molecule has 0 atom stereocenters. The summed E-state index contributed by atoms with van der Waals surface area (Å²) in [4.78, 5) is 23.7. The quantitative estimate of drug-likeness (QED) is 0.684. The molecule has 0 saturated heterocycles. The molecule has 0 aliphatic carbocycles. The lowest BCUT2D eigenvalue weighted by atomic mass is 10.1. The van der Waals surface area contributed by atoms with E-state index in [1.165, 1.54) is 12.1 Å². The number of carbonyl (C=O) groups is 1. The molecule has 0 aliphatic rings. The van der Waals surface area contributed by atoms with E-state index in [0.29, 0.717) is 17.4 Å². The van der Waals surface area contributed by atoms with Crippen LogP contribution in [-0.4, -0.2) is 17.7 Å². The van der Waals surface area contributed by atoms with E-state index >= 15 is 0 Å². The number of allylic oxidation sites excluding steroid dienone is 1. The van der Waals surface area contributed by atoms with E-state index in [2.05, 4.69) is 6.58 Å². The third kappa shape index (κ3) is 2.42. The van der Waals surface area contributed by atoms with Crippen LogP contribution in [0.5, 0.6) is 5.75 Å². The van der Waals surface area contributed by atoms with Gasteiger partial charge in [0.1, 0.15) is 11.3 Å². The predicted molar refractivity (Wildman–Crippen MR) is 74.0 cm³/mol. The van der Waals surface area contributed by atoms with Gasteiger partial charge in [0.15, 0.2) is 5.43 Å². The van der Waals surface area contributed by atoms with Crippen LogP contribution in [0.25, 0.3) is 11.0 Å². The van der Waals surface area contributed by atoms with Crippen LogP contribution in [0.15, 0.2) is 40.1 Å². The summed E-state index contributed by atoms with van der Waals surface area (Å²) in [7, 11) is 0. The average Bonchev–Trinajstić information content (AvgIpc) is 2.42. The predicted octanol–water partition coefficient (Wildman–Crippen LogP) is 2.40. The lowest BCUT2D eigenvalue weighted by Gasteiger charge is -2.07. The summed E-state index contributed by atoms with van der Waals surface area (Å²) in [5, 5.41) is 10.1. The Morgan fingerprint density at radius 2 is 2.25 bits per heavy atom. The monoisotopic (exact) mass is 274 g/mol.